The largest absolute Gasteiger partial charge is 0.508 e. The molecule has 1 aliphatic rings. The summed E-state index contributed by atoms with van der Waals surface area (Å²) >= 11 is 0. The minimum absolute atomic E-state index is 0.0348. The average Bonchev–Trinajstić information content (AvgIpc) is 2.55. The zero-order chi connectivity index (χ0) is 11.7. The monoisotopic (exact) mass is 221 g/mol. The Kier molecular flexibility index (Phi) is 2.52. The number of amides is 1. The standard InChI is InChI=1S/C11H11NO4/c1-16-10(14)5-9-7-3-2-6(13)4-8(7)11(15)12-9/h2-4,9,13H,5H2,1H3,(H,12,15)/t9-/m1/s1. The first-order valence-corrected chi connectivity index (χ1v) is 4.82. The van der Waals surface area contributed by atoms with Crippen molar-refractivity contribution in [2.45, 2.75) is 12.5 Å². The minimum Gasteiger partial charge on any atom is -0.508 e. The smallest absolute Gasteiger partial charge is 0.307 e. The van der Waals surface area contributed by atoms with Crippen LogP contribution in [0.2, 0.25) is 0 Å². The molecule has 0 radical (unpaired) electrons. The van der Waals surface area contributed by atoms with E-state index in [0.717, 1.165) is 0 Å². The quantitative estimate of drug-likeness (QED) is 0.722. The number of rotatable bonds is 2. The second kappa shape index (κ2) is 3.84. The van der Waals surface area contributed by atoms with E-state index in [9.17, 15) is 14.7 Å². The number of benzene rings is 1. The van der Waals surface area contributed by atoms with Crippen LogP contribution in [0.15, 0.2) is 18.2 Å². The lowest BCUT2D eigenvalue weighted by molar-refractivity contribution is -0.141. The molecule has 0 aromatic heterocycles. The van der Waals surface area contributed by atoms with E-state index in [4.69, 9.17) is 0 Å². The van der Waals surface area contributed by atoms with Crippen LogP contribution in [0.3, 0.4) is 0 Å². The van der Waals surface area contributed by atoms with Crippen molar-refractivity contribution in [3.63, 3.8) is 0 Å². The molecule has 0 fully saturated rings. The molecule has 0 spiro atoms. The number of carbonyl (C=O) groups is 2. The van der Waals surface area contributed by atoms with E-state index in [1.165, 1.54) is 19.2 Å². The van der Waals surface area contributed by atoms with Gasteiger partial charge in [0, 0.05) is 5.56 Å². The second-order valence-electron chi connectivity index (χ2n) is 3.58. The van der Waals surface area contributed by atoms with Crippen LogP contribution in [-0.4, -0.2) is 24.1 Å². The fraction of sp³-hybridized carbons (Fsp3) is 0.273. The van der Waals surface area contributed by atoms with Crippen LogP contribution >= 0.6 is 0 Å². The lowest BCUT2D eigenvalue weighted by atomic mass is 10.0. The van der Waals surface area contributed by atoms with Crippen LogP contribution in [-0.2, 0) is 9.53 Å². The first-order chi connectivity index (χ1) is 7.61. The summed E-state index contributed by atoms with van der Waals surface area (Å²) in [6.07, 6.45) is 0.0972. The molecule has 2 rings (SSSR count). The molecule has 1 atom stereocenters. The van der Waals surface area contributed by atoms with Gasteiger partial charge in [-0.2, -0.15) is 0 Å². The van der Waals surface area contributed by atoms with E-state index >= 15 is 0 Å². The molecule has 0 bridgehead atoms. The SMILES string of the molecule is COC(=O)C[C@H]1NC(=O)c2cc(O)ccc21. The van der Waals surface area contributed by atoms with Crippen molar-refractivity contribution in [3.8, 4) is 5.75 Å². The minimum atomic E-state index is -0.383. The molecule has 1 amide bonds. The molecule has 16 heavy (non-hydrogen) atoms. The van der Waals surface area contributed by atoms with Crippen LogP contribution in [0.25, 0.3) is 0 Å². The first-order valence-electron chi connectivity index (χ1n) is 4.82. The number of nitrogens with one attached hydrogen (secondary N) is 1. The lowest BCUT2D eigenvalue weighted by Gasteiger charge is -2.09. The molecule has 1 aromatic carbocycles. The third kappa shape index (κ3) is 1.71. The lowest BCUT2D eigenvalue weighted by Crippen LogP contribution is -2.21. The third-order valence-corrected chi connectivity index (χ3v) is 2.56. The highest BCUT2D eigenvalue weighted by molar-refractivity contribution is 6.00. The third-order valence-electron chi connectivity index (χ3n) is 2.56. The molecule has 5 heteroatoms. The van der Waals surface area contributed by atoms with Crippen molar-refractivity contribution in [1.82, 2.24) is 5.32 Å². The summed E-state index contributed by atoms with van der Waals surface area (Å²) in [6.45, 7) is 0. The van der Waals surface area contributed by atoms with Gasteiger partial charge in [0.2, 0.25) is 0 Å². The molecule has 5 nitrogen and oxygen atoms in total. The zero-order valence-corrected chi connectivity index (χ0v) is 8.69. The topological polar surface area (TPSA) is 75.6 Å². The van der Waals surface area contributed by atoms with E-state index in [0.29, 0.717) is 11.1 Å². The van der Waals surface area contributed by atoms with E-state index in [1.54, 1.807) is 6.07 Å². The highest BCUT2D eigenvalue weighted by Crippen LogP contribution is 2.30. The van der Waals surface area contributed by atoms with Crippen LogP contribution in [0, 0.1) is 0 Å². The van der Waals surface area contributed by atoms with E-state index in [1.807, 2.05) is 0 Å². The Hall–Kier alpha value is -2.04. The number of methoxy groups -OCH3 is 1. The molecule has 0 aliphatic carbocycles. The molecular weight excluding hydrogens is 210 g/mol. The van der Waals surface area contributed by atoms with Gasteiger partial charge in [0.15, 0.2) is 0 Å². The Morgan fingerprint density at radius 3 is 3.00 bits per heavy atom. The first kappa shape index (κ1) is 10.5. The fourth-order valence-electron chi connectivity index (χ4n) is 1.77. The predicted molar refractivity (Wildman–Crippen MR) is 54.9 cm³/mol. The van der Waals surface area contributed by atoms with Gasteiger partial charge in [-0.15, -0.1) is 0 Å². The maximum atomic E-state index is 11.5. The molecule has 2 N–H and O–H groups in total. The molecule has 0 saturated heterocycles. The Labute approximate surface area is 92.0 Å². The molecular formula is C11H11NO4. The molecule has 1 aromatic rings. The van der Waals surface area contributed by atoms with Gasteiger partial charge in [-0.3, -0.25) is 9.59 Å². The zero-order valence-electron chi connectivity index (χ0n) is 8.69. The Morgan fingerprint density at radius 2 is 2.31 bits per heavy atom. The van der Waals surface area contributed by atoms with Gasteiger partial charge in [0.25, 0.3) is 5.91 Å². The second-order valence-corrected chi connectivity index (χ2v) is 3.58. The number of ether oxygens (including phenoxy) is 1. The van der Waals surface area contributed by atoms with E-state index < -0.39 is 0 Å². The van der Waals surface area contributed by atoms with Crippen molar-refractivity contribution in [3.05, 3.63) is 29.3 Å². The summed E-state index contributed by atoms with van der Waals surface area (Å²) < 4.78 is 4.55. The van der Waals surface area contributed by atoms with Gasteiger partial charge < -0.3 is 15.2 Å². The molecule has 84 valence electrons. The molecule has 0 saturated carbocycles. The normalized spacial score (nSPS) is 17.8. The van der Waals surface area contributed by atoms with Crippen molar-refractivity contribution in [2.24, 2.45) is 0 Å². The highest BCUT2D eigenvalue weighted by atomic mass is 16.5. The van der Waals surface area contributed by atoms with Gasteiger partial charge >= 0.3 is 5.97 Å². The van der Waals surface area contributed by atoms with E-state index in [2.05, 4.69) is 10.1 Å². The number of aromatic hydroxyl groups is 1. The van der Waals surface area contributed by atoms with Gasteiger partial charge in [-0.1, -0.05) is 6.07 Å². The summed E-state index contributed by atoms with van der Waals surface area (Å²) in [7, 11) is 1.30. The van der Waals surface area contributed by atoms with Crippen molar-refractivity contribution in [1.29, 1.82) is 0 Å². The number of esters is 1. The van der Waals surface area contributed by atoms with Gasteiger partial charge in [-0.05, 0) is 17.7 Å². The van der Waals surface area contributed by atoms with Crippen LogP contribution in [0.1, 0.15) is 28.4 Å². The Bertz CT molecular complexity index is 455. The van der Waals surface area contributed by atoms with Gasteiger partial charge in [0.05, 0.1) is 19.6 Å². The summed E-state index contributed by atoms with van der Waals surface area (Å²) in [4.78, 5) is 22.7. The van der Waals surface area contributed by atoms with Crippen molar-refractivity contribution in [2.75, 3.05) is 7.11 Å². The average molecular weight is 221 g/mol. The fourth-order valence-corrected chi connectivity index (χ4v) is 1.77. The van der Waals surface area contributed by atoms with Crippen molar-refractivity contribution < 1.29 is 19.4 Å². The predicted octanol–water partition coefficient (Wildman–Crippen LogP) is 0.740. The summed E-state index contributed by atoms with van der Waals surface area (Å²) in [5, 5.41) is 11.9. The highest BCUT2D eigenvalue weighted by Gasteiger charge is 2.30. The molecule has 1 aliphatic heterocycles. The van der Waals surface area contributed by atoms with Crippen molar-refractivity contribution >= 4 is 11.9 Å². The summed E-state index contributed by atoms with van der Waals surface area (Å²) in [5.41, 5.74) is 1.13. The molecule has 1 heterocycles. The number of phenols is 1. The van der Waals surface area contributed by atoms with Crippen LogP contribution in [0.5, 0.6) is 5.75 Å². The number of carbonyl (C=O) groups excluding carboxylic acids is 2. The maximum absolute atomic E-state index is 11.5. The Morgan fingerprint density at radius 1 is 1.56 bits per heavy atom. The number of hydrogen-bond acceptors (Lipinski definition) is 4. The van der Waals surface area contributed by atoms with E-state index in [-0.39, 0.29) is 30.1 Å². The Balaban J connectivity index is 2.29. The number of fused-ring (bicyclic) bond motifs is 1. The number of phenolic OH excluding ortho intramolecular Hbond substituents is 1. The molecule has 0 unspecified atom stereocenters. The van der Waals surface area contributed by atoms with Crippen LogP contribution in [0.4, 0.5) is 0 Å². The maximum Gasteiger partial charge on any atom is 0.307 e. The van der Waals surface area contributed by atoms with Gasteiger partial charge in [-0.25, -0.2) is 0 Å². The van der Waals surface area contributed by atoms with Crippen LogP contribution < -0.4 is 5.32 Å². The summed E-state index contributed by atoms with van der Waals surface area (Å²) in [6, 6.07) is 4.15. The summed E-state index contributed by atoms with van der Waals surface area (Å²) in [5.74, 6) is -0.626. The number of hydrogen-bond donors (Lipinski definition) is 2. The van der Waals surface area contributed by atoms with Gasteiger partial charge in [0.1, 0.15) is 5.75 Å².